The molecule has 1 aromatic rings. The lowest BCUT2D eigenvalue weighted by Gasteiger charge is -2.14. The summed E-state index contributed by atoms with van der Waals surface area (Å²) in [5, 5.41) is 0. The Morgan fingerprint density at radius 2 is 1.64 bits per heavy atom. The van der Waals surface area contributed by atoms with Gasteiger partial charge >= 0.3 is 6.18 Å². The van der Waals surface area contributed by atoms with Crippen molar-refractivity contribution in [2.45, 2.75) is 6.18 Å². The van der Waals surface area contributed by atoms with Gasteiger partial charge in [-0.15, -0.1) is 0 Å². The molecule has 0 amide bonds. The first kappa shape index (κ1) is 12.3. The van der Waals surface area contributed by atoms with Crippen molar-refractivity contribution in [1.82, 2.24) is 0 Å². The number of methoxy groups -OCH3 is 1. The van der Waals surface area contributed by atoms with E-state index in [-0.39, 0.29) is 9.32 Å². The van der Waals surface area contributed by atoms with Crippen molar-refractivity contribution in [1.29, 1.82) is 0 Å². The van der Waals surface area contributed by atoms with Crippen LogP contribution in [0.5, 0.6) is 5.75 Å². The van der Waals surface area contributed by atoms with Gasteiger partial charge in [-0.05, 0) is 57.3 Å². The second-order valence-corrected chi connectivity index (χ2v) is 4.76. The summed E-state index contributed by atoms with van der Waals surface area (Å²) in [5.74, 6) is -0.106. The molecular weight excluding hydrogens is 423 g/mol. The highest BCUT2D eigenvalue weighted by atomic mass is 127. The lowest BCUT2D eigenvalue weighted by atomic mass is 10.2. The van der Waals surface area contributed by atoms with Crippen LogP contribution in [0.3, 0.4) is 0 Å². The number of ether oxygens (including phenoxy) is 1. The summed E-state index contributed by atoms with van der Waals surface area (Å²) in [6.45, 7) is 0. The third-order valence-electron chi connectivity index (χ3n) is 1.55. The quantitative estimate of drug-likeness (QED) is 0.617. The summed E-state index contributed by atoms with van der Waals surface area (Å²) in [6, 6.07) is 3.02. The molecule has 0 N–H and O–H groups in total. The molecule has 1 nitrogen and oxygen atoms in total. The highest BCUT2D eigenvalue weighted by Gasteiger charge is 2.37. The van der Waals surface area contributed by atoms with Crippen molar-refractivity contribution >= 4 is 45.2 Å². The van der Waals surface area contributed by atoms with Gasteiger partial charge in [0.05, 0.1) is 10.7 Å². The molecule has 0 bridgehead atoms. The van der Waals surface area contributed by atoms with E-state index < -0.39 is 11.7 Å². The van der Waals surface area contributed by atoms with Gasteiger partial charge in [0.1, 0.15) is 11.3 Å². The van der Waals surface area contributed by atoms with Crippen molar-refractivity contribution in [2.75, 3.05) is 7.11 Å². The topological polar surface area (TPSA) is 9.23 Å². The summed E-state index contributed by atoms with van der Waals surface area (Å²) in [4.78, 5) is 0. The third kappa shape index (κ3) is 2.44. The van der Waals surface area contributed by atoms with Gasteiger partial charge in [-0.1, -0.05) is 0 Å². The number of rotatable bonds is 1. The van der Waals surface area contributed by atoms with E-state index in [9.17, 15) is 13.2 Å². The van der Waals surface area contributed by atoms with Crippen LogP contribution in [-0.2, 0) is 6.18 Å². The fourth-order valence-electron chi connectivity index (χ4n) is 0.997. The molecule has 78 valence electrons. The predicted molar refractivity (Wildman–Crippen MR) is 63.4 cm³/mol. The predicted octanol–water partition coefficient (Wildman–Crippen LogP) is 3.92. The Morgan fingerprint density at radius 3 is 2.00 bits per heavy atom. The van der Waals surface area contributed by atoms with Crippen LogP contribution >= 0.6 is 45.2 Å². The van der Waals surface area contributed by atoms with Gasteiger partial charge < -0.3 is 4.74 Å². The summed E-state index contributed by atoms with van der Waals surface area (Å²) >= 11 is 3.46. The highest BCUT2D eigenvalue weighted by Crippen LogP contribution is 2.41. The Balaban J connectivity index is 3.46. The molecule has 1 aromatic carbocycles. The molecule has 0 fully saturated rings. The molecule has 0 unspecified atom stereocenters. The first-order chi connectivity index (χ1) is 6.38. The van der Waals surface area contributed by atoms with E-state index in [0.717, 1.165) is 0 Å². The smallest absolute Gasteiger partial charge is 0.421 e. The maximum absolute atomic E-state index is 12.6. The van der Waals surface area contributed by atoms with Crippen molar-refractivity contribution in [3.63, 3.8) is 0 Å². The Labute approximate surface area is 106 Å². The van der Waals surface area contributed by atoms with E-state index in [1.54, 1.807) is 28.7 Å². The van der Waals surface area contributed by atoms with Gasteiger partial charge in [-0.2, -0.15) is 13.2 Å². The minimum absolute atomic E-state index is 0.106. The molecule has 0 aliphatic carbocycles. The molecule has 0 saturated carbocycles. The Kier molecular flexibility index (Phi) is 3.89. The average Bonchev–Trinajstić information content (AvgIpc) is 2.06. The zero-order valence-corrected chi connectivity index (χ0v) is 11.3. The van der Waals surface area contributed by atoms with Crippen LogP contribution in [0.25, 0.3) is 0 Å². The first-order valence-electron chi connectivity index (χ1n) is 3.47. The molecule has 1 rings (SSSR count). The minimum Gasteiger partial charge on any atom is -0.495 e. The van der Waals surface area contributed by atoms with E-state index in [4.69, 9.17) is 4.74 Å². The Bertz CT molecular complexity index is 349. The van der Waals surface area contributed by atoms with Crippen LogP contribution in [0.1, 0.15) is 5.56 Å². The molecule has 0 spiro atoms. The molecule has 0 heterocycles. The molecule has 0 aliphatic rings. The Morgan fingerprint density at radius 1 is 1.14 bits per heavy atom. The number of benzene rings is 1. The van der Waals surface area contributed by atoms with E-state index in [1.165, 1.54) is 13.2 Å². The van der Waals surface area contributed by atoms with Gasteiger partial charge in [0.2, 0.25) is 0 Å². The molecule has 0 radical (unpaired) electrons. The second-order valence-electron chi connectivity index (χ2n) is 2.44. The van der Waals surface area contributed by atoms with Crippen LogP contribution in [0, 0.1) is 7.14 Å². The third-order valence-corrected chi connectivity index (χ3v) is 3.29. The van der Waals surface area contributed by atoms with E-state index in [1.807, 2.05) is 22.6 Å². The van der Waals surface area contributed by atoms with E-state index in [2.05, 4.69) is 0 Å². The zero-order valence-electron chi connectivity index (χ0n) is 6.95. The van der Waals surface area contributed by atoms with Crippen molar-refractivity contribution in [2.24, 2.45) is 0 Å². The molecule has 0 aliphatic heterocycles. The summed E-state index contributed by atoms with van der Waals surface area (Å²) in [7, 11) is 1.24. The van der Waals surface area contributed by atoms with E-state index >= 15 is 0 Å². The fourth-order valence-corrected chi connectivity index (χ4v) is 2.40. The van der Waals surface area contributed by atoms with Crippen LogP contribution in [0.15, 0.2) is 12.1 Å². The molecule has 6 heteroatoms. The van der Waals surface area contributed by atoms with Crippen molar-refractivity contribution in [3.8, 4) is 5.75 Å². The molecule has 0 saturated heterocycles. The first-order valence-corrected chi connectivity index (χ1v) is 5.63. The SMILES string of the molecule is COc1c(I)ccc(I)c1C(F)(F)F. The minimum atomic E-state index is -4.37. The maximum Gasteiger partial charge on any atom is 0.421 e. The zero-order chi connectivity index (χ0) is 10.9. The van der Waals surface area contributed by atoms with Crippen LogP contribution in [-0.4, -0.2) is 7.11 Å². The number of alkyl halides is 3. The molecular formula is C8H5F3I2O. The van der Waals surface area contributed by atoms with Crippen molar-refractivity contribution in [3.05, 3.63) is 24.8 Å². The monoisotopic (exact) mass is 428 g/mol. The Hall–Kier alpha value is 0.270. The largest absolute Gasteiger partial charge is 0.495 e. The van der Waals surface area contributed by atoms with E-state index in [0.29, 0.717) is 3.57 Å². The molecule has 0 atom stereocenters. The van der Waals surface area contributed by atoms with Gasteiger partial charge in [-0.25, -0.2) is 0 Å². The second kappa shape index (κ2) is 4.42. The van der Waals surface area contributed by atoms with Crippen molar-refractivity contribution < 1.29 is 17.9 Å². The van der Waals surface area contributed by atoms with Gasteiger partial charge in [0, 0.05) is 3.57 Å². The lowest BCUT2D eigenvalue weighted by Crippen LogP contribution is -2.10. The standard InChI is InChI=1S/C8H5F3I2O/c1-14-7-5(13)3-2-4(12)6(7)8(9,10)11/h2-3H,1H3. The van der Waals surface area contributed by atoms with Gasteiger partial charge in [-0.3, -0.25) is 0 Å². The van der Waals surface area contributed by atoms with Crippen LogP contribution in [0.4, 0.5) is 13.2 Å². The number of halogens is 5. The highest BCUT2D eigenvalue weighted by molar-refractivity contribution is 14.1. The normalized spacial score (nSPS) is 11.6. The number of hydrogen-bond donors (Lipinski definition) is 0. The molecule has 14 heavy (non-hydrogen) atoms. The van der Waals surface area contributed by atoms with Gasteiger partial charge in [0.15, 0.2) is 0 Å². The summed E-state index contributed by atoms with van der Waals surface area (Å²) < 4.78 is 43.1. The summed E-state index contributed by atoms with van der Waals surface area (Å²) in [6.07, 6.45) is -4.37. The lowest BCUT2D eigenvalue weighted by molar-refractivity contribution is -0.139. The van der Waals surface area contributed by atoms with Crippen LogP contribution < -0.4 is 4.74 Å². The average molecular weight is 428 g/mol. The van der Waals surface area contributed by atoms with Gasteiger partial charge in [0.25, 0.3) is 0 Å². The fraction of sp³-hybridized carbons (Fsp3) is 0.250. The summed E-state index contributed by atoms with van der Waals surface area (Å²) in [5.41, 5.74) is -0.701. The van der Waals surface area contributed by atoms with Crippen LogP contribution in [0.2, 0.25) is 0 Å². The number of hydrogen-bond acceptors (Lipinski definition) is 1. The maximum atomic E-state index is 12.6. The molecule has 0 aromatic heterocycles.